The largest absolute Gasteiger partial charge is 0.495 e. The Kier molecular flexibility index (Phi) is 2.42. The normalized spacial score (nSPS) is 10.3. The van der Waals surface area contributed by atoms with E-state index in [1.807, 2.05) is 0 Å². The Bertz CT molecular complexity index is 278. The molecule has 2 N–H and O–H groups in total. The number of rotatable bonds is 2. The minimum Gasteiger partial charge on any atom is -0.495 e. The lowest BCUT2D eigenvalue weighted by Gasteiger charge is -2.05. The van der Waals surface area contributed by atoms with Crippen molar-refractivity contribution in [3.63, 3.8) is 0 Å². The lowest BCUT2D eigenvalue weighted by Crippen LogP contribution is -1.98. The van der Waals surface area contributed by atoms with Gasteiger partial charge < -0.3 is 10.5 Å². The number of aromatic nitrogens is 1. The third-order valence-corrected chi connectivity index (χ3v) is 1.40. The molecule has 0 aliphatic carbocycles. The maximum absolute atomic E-state index is 12.2. The highest BCUT2D eigenvalue weighted by Gasteiger charge is 2.12. The highest BCUT2D eigenvalue weighted by atomic mass is 19.3. The summed E-state index contributed by atoms with van der Waals surface area (Å²) in [6.07, 6.45) is -1.33. The Labute approximate surface area is 68.2 Å². The fourth-order valence-corrected chi connectivity index (χ4v) is 0.759. The van der Waals surface area contributed by atoms with Gasteiger partial charge in [0.1, 0.15) is 11.6 Å². The van der Waals surface area contributed by atoms with Crippen molar-refractivity contribution in [2.24, 2.45) is 0 Å². The molecule has 1 heterocycles. The molecule has 0 aromatic carbocycles. The van der Waals surface area contributed by atoms with E-state index in [0.29, 0.717) is 0 Å². The summed E-state index contributed by atoms with van der Waals surface area (Å²) in [6, 6.07) is 1.17. The van der Waals surface area contributed by atoms with Crippen molar-refractivity contribution in [2.75, 3.05) is 12.8 Å². The van der Waals surface area contributed by atoms with Gasteiger partial charge >= 0.3 is 0 Å². The minimum atomic E-state index is -2.62. The van der Waals surface area contributed by atoms with E-state index in [1.54, 1.807) is 0 Å². The first-order valence-corrected chi connectivity index (χ1v) is 3.22. The highest BCUT2D eigenvalue weighted by Crippen LogP contribution is 2.26. The summed E-state index contributed by atoms with van der Waals surface area (Å²) in [5, 5.41) is 0. The average Bonchev–Trinajstić information content (AvgIpc) is 2.05. The van der Waals surface area contributed by atoms with Crippen molar-refractivity contribution in [2.45, 2.75) is 6.43 Å². The number of anilines is 1. The van der Waals surface area contributed by atoms with Crippen LogP contribution in [0.5, 0.6) is 5.75 Å². The molecule has 0 amide bonds. The van der Waals surface area contributed by atoms with Crippen LogP contribution in [0, 0.1) is 0 Å². The summed E-state index contributed by atoms with van der Waals surface area (Å²) >= 11 is 0. The standard InChI is InChI=1S/C7H8F2N2O/c1-12-4-2-5(6(8)9)7(10)11-3-4/h2-3,6H,1H3,(H2,10,11). The van der Waals surface area contributed by atoms with E-state index in [-0.39, 0.29) is 17.1 Å². The lowest BCUT2D eigenvalue weighted by atomic mass is 10.2. The summed E-state index contributed by atoms with van der Waals surface area (Å²) in [7, 11) is 1.38. The molecule has 0 unspecified atom stereocenters. The van der Waals surface area contributed by atoms with E-state index in [2.05, 4.69) is 4.98 Å². The van der Waals surface area contributed by atoms with Gasteiger partial charge in [-0.3, -0.25) is 0 Å². The van der Waals surface area contributed by atoms with Crippen molar-refractivity contribution in [1.29, 1.82) is 0 Å². The van der Waals surface area contributed by atoms with Gasteiger partial charge in [-0.15, -0.1) is 0 Å². The number of ether oxygens (including phenoxy) is 1. The number of hydrogen-bond acceptors (Lipinski definition) is 3. The van der Waals surface area contributed by atoms with Gasteiger partial charge in [-0.1, -0.05) is 0 Å². The number of pyridine rings is 1. The molecular weight excluding hydrogens is 166 g/mol. The van der Waals surface area contributed by atoms with E-state index in [9.17, 15) is 8.78 Å². The topological polar surface area (TPSA) is 48.1 Å². The first-order valence-electron chi connectivity index (χ1n) is 3.22. The zero-order valence-electron chi connectivity index (χ0n) is 6.42. The molecule has 1 aromatic heterocycles. The van der Waals surface area contributed by atoms with Crippen LogP contribution in [0.2, 0.25) is 0 Å². The second-order valence-corrected chi connectivity index (χ2v) is 2.15. The minimum absolute atomic E-state index is 0.161. The van der Waals surface area contributed by atoms with E-state index in [0.717, 1.165) is 0 Å². The zero-order valence-corrected chi connectivity index (χ0v) is 6.42. The highest BCUT2D eigenvalue weighted by molar-refractivity contribution is 5.43. The summed E-state index contributed by atoms with van der Waals surface area (Å²) in [5.74, 6) is 0.116. The Hall–Kier alpha value is -1.39. The summed E-state index contributed by atoms with van der Waals surface area (Å²) in [4.78, 5) is 3.54. The predicted octanol–water partition coefficient (Wildman–Crippen LogP) is 1.61. The van der Waals surface area contributed by atoms with Gasteiger partial charge in [0, 0.05) is 0 Å². The van der Waals surface area contributed by atoms with E-state index in [4.69, 9.17) is 10.5 Å². The van der Waals surface area contributed by atoms with Crippen LogP contribution in [0.1, 0.15) is 12.0 Å². The molecule has 0 spiro atoms. The van der Waals surface area contributed by atoms with Crippen molar-refractivity contribution in [3.05, 3.63) is 17.8 Å². The second-order valence-electron chi connectivity index (χ2n) is 2.15. The van der Waals surface area contributed by atoms with Crippen LogP contribution in [0.4, 0.5) is 14.6 Å². The first-order chi connectivity index (χ1) is 5.65. The molecule has 12 heavy (non-hydrogen) atoms. The van der Waals surface area contributed by atoms with Crippen molar-refractivity contribution < 1.29 is 13.5 Å². The van der Waals surface area contributed by atoms with Crippen LogP contribution < -0.4 is 10.5 Å². The first kappa shape index (κ1) is 8.70. The molecule has 1 rings (SSSR count). The van der Waals surface area contributed by atoms with Crippen LogP contribution in [0.15, 0.2) is 12.3 Å². The van der Waals surface area contributed by atoms with E-state index in [1.165, 1.54) is 19.4 Å². The fourth-order valence-electron chi connectivity index (χ4n) is 0.759. The Morgan fingerprint density at radius 1 is 1.58 bits per heavy atom. The molecule has 66 valence electrons. The van der Waals surface area contributed by atoms with Crippen LogP contribution in [-0.4, -0.2) is 12.1 Å². The quantitative estimate of drug-likeness (QED) is 0.740. The molecule has 0 aliphatic heterocycles. The molecule has 0 atom stereocenters. The number of hydrogen-bond donors (Lipinski definition) is 1. The molecule has 0 radical (unpaired) electrons. The Morgan fingerprint density at radius 3 is 2.75 bits per heavy atom. The van der Waals surface area contributed by atoms with Gasteiger partial charge in [-0.2, -0.15) is 0 Å². The molecule has 5 heteroatoms. The van der Waals surface area contributed by atoms with Gasteiger partial charge in [-0.25, -0.2) is 13.8 Å². The average molecular weight is 174 g/mol. The number of nitrogens with zero attached hydrogens (tertiary/aromatic N) is 1. The Balaban J connectivity index is 3.08. The van der Waals surface area contributed by atoms with Crippen LogP contribution in [0.25, 0.3) is 0 Å². The maximum Gasteiger partial charge on any atom is 0.267 e. The smallest absolute Gasteiger partial charge is 0.267 e. The molecule has 0 saturated carbocycles. The van der Waals surface area contributed by atoms with Crippen LogP contribution in [-0.2, 0) is 0 Å². The van der Waals surface area contributed by atoms with Gasteiger partial charge in [-0.05, 0) is 6.07 Å². The third-order valence-electron chi connectivity index (χ3n) is 1.40. The summed E-state index contributed by atoms with van der Waals surface area (Å²) < 4.78 is 29.0. The number of nitrogen functional groups attached to an aromatic ring is 1. The predicted molar refractivity (Wildman–Crippen MR) is 40.2 cm³/mol. The van der Waals surface area contributed by atoms with Gasteiger partial charge in [0.15, 0.2) is 0 Å². The summed E-state index contributed by atoms with van der Waals surface area (Å²) in [5.41, 5.74) is 4.90. The number of methoxy groups -OCH3 is 1. The SMILES string of the molecule is COc1cnc(N)c(C(F)F)c1. The second kappa shape index (κ2) is 3.34. The number of nitrogens with two attached hydrogens (primary N) is 1. The summed E-state index contributed by atoms with van der Waals surface area (Å²) in [6.45, 7) is 0. The fraction of sp³-hybridized carbons (Fsp3) is 0.286. The molecular formula is C7H8F2N2O. The molecule has 0 aliphatic rings. The molecule has 1 aromatic rings. The Morgan fingerprint density at radius 2 is 2.25 bits per heavy atom. The molecule has 0 saturated heterocycles. The van der Waals surface area contributed by atoms with Crippen molar-refractivity contribution in [1.82, 2.24) is 4.98 Å². The van der Waals surface area contributed by atoms with Crippen molar-refractivity contribution in [3.8, 4) is 5.75 Å². The monoisotopic (exact) mass is 174 g/mol. The molecule has 3 nitrogen and oxygen atoms in total. The zero-order chi connectivity index (χ0) is 9.14. The maximum atomic E-state index is 12.2. The van der Waals surface area contributed by atoms with Gasteiger partial charge in [0.25, 0.3) is 6.43 Å². The van der Waals surface area contributed by atoms with Gasteiger partial charge in [0.2, 0.25) is 0 Å². The van der Waals surface area contributed by atoms with Crippen LogP contribution in [0.3, 0.4) is 0 Å². The van der Waals surface area contributed by atoms with Gasteiger partial charge in [0.05, 0.1) is 18.9 Å². The number of halogens is 2. The lowest BCUT2D eigenvalue weighted by molar-refractivity contribution is 0.151. The molecule has 0 bridgehead atoms. The van der Waals surface area contributed by atoms with Crippen LogP contribution >= 0.6 is 0 Å². The van der Waals surface area contributed by atoms with Crippen molar-refractivity contribution >= 4 is 5.82 Å². The van der Waals surface area contributed by atoms with E-state index >= 15 is 0 Å². The molecule has 0 fully saturated rings. The third kappa shape index (κ3) is 1.61. The van der Waals surface area contributed by atoms with E-state index < -0.39 is 6.43 Å². The number of alkyl halides is 2.